The third-order valence-electron chi connectivity index (χ3n) is 3.66. The fourth-order valence-electron chi connectivity index (χ4n) is 2.28. The normalized spacial score (nSPS) is 18.6. The lowest BCUT2D eigenvalue weighted by atomic mass is 9.99. The first-order chi connectivity index (χ1) is 9.10. The van der Waals surface area contributed by atoms with Crippen LogP contribution in [0.1, 0.15) is 19.8 Å². The maximum atomic E-state index is 11.9. The van der Waals surface area contributed by atoms with Gasteiger partial charge in [0.05, 0.1) is 24.5 Å². The molecule has 19 heavy (non-hydrogen) atoms. The van der Waals surface area contributed by atoms with Crippen molar-refractivity contribution in [1.82, 2.24) is 9.78 Å². The lowest BCUT2D eigenvalue weighted by Gasteiger charge is -2.31. The van der Waals surface area contributed by atoms with E-state index in [9.17, 15) is 9.90 Å². The van der Waals surface area contributed by atoms with E-state index in [-0.39, 0.29) is 18.6 Å². The van der Waals surface area contributed by atoms with Gasteiger partial charge in [0.15, 0.2) is 0 Å². The van der Waals surface area contributed by atoms with Crippen LogP contribution in [-0.2, 0) is 6.54 Å². The summed E-state index contributed by atoms with van der Waals surface area (Å²) in [5.41, 5.74) is 6.01. The maximum Gasteiger partial charge on any atom is 0.268 e. The van der Waals surface area contributed by atoms with Gasteiger partial charge in [-0.2, -0.15) is 5.10 Å². The molecule has 0 aromatic carbocycles. The molecule has 1 fully saturated rings. The highest BCUT2D eigenvalue weighted by atomic mass is 16.3. The van der Waals surface area contributed by atoms with Crippen LogP contribution >= 0.6 is 0 Å². The van der Waals surface area contributed by atoms with E-state index < -0.39 is 6.10 Å². The summed E-state index contributed by atoms with van der Waals surface area (Å²) < 4.78 is 1.26. The van der Waals surface area contributed by atoms with Crippen molar-refractivity contribution in [3.05, 3.63) is 22.6 Å². The van der Waals surface area contributed by atoms with Gasteiger partial charge in [-0.05, 0) is 18.8 Å². The molecular formula is C13H22N4O2. The molecule has 1 aliphatic rings. The summed E-state index contributed by atoms with van der Waals surface area (Å²) in [7, 11) is 0. The molecule has 0 bridgehead atoms. The summed E-state index contributed by atoms with van der Waals surface area (Å²) in [5, 5.41) is 13.6. The van der Waals surface area contributed by atoms with Crippen molar-refractivity contribution in [2.24, 2.45) is 11.7 Å². The molecule has 0 amide bonds. The average molecular weight is 266 g/mol. The fourth-order valence-corrected chi connectivity index (χ4v) is 2.28. The lowest BCUT2D eigenvalue weighted by Crippen LogP contribution is -2.36. The number of nitrogens with two attached hydrogens (primary N) is 1. The molecule has 0 spiro atoms. The van der Waals surface area contributed by atoms with E-state index >= 15 is 0 Å². The predicted molar refractivity (Wildman–Crippen MR) is 74.2 cm³/mol. The first-order valence-corrected chi connectivity index (χ1v) is 6.80. The molecule has 2 rings (SSSR count). The first kappa shape index (κ1) is 14.0. The van der Waals surface area contributed by atoms with Gasteiger partial charge in [0.25, 0.3) is 5.56 Å². The Morgan fingerprint density at radius 2 is 2.21 bits per heavy atom. The van der Waals surface area contributed by atoms with Gasteiger partial charge < -0.3 is 15.7 Å². The van der Waals surface area contributed by atoms with Crippen LogP contribution in [0.3, 0.4) is 0 Å². The molecule has 0 radical (unpaired) electrons. The second-order valence-electron chi connectivity index (χ2n) is 5.29. The van der Waals surface area contributed by atoms with E-state index in [0.29, 0.717) is 0 Å². The molecule has 1 unspecified atom stereocenters. The summed E-state index contributed by atoms with van der Waals surface area (Å²) in [4.78, 5) is 14.1. The molecule has 2 heterocycles. The Bertz CT molecular complexity index is 466. The molecule has 0 saturated carbocycles. The molecule has 1 aromatic heterocycles. The van der Waals surface area contributed by atoms with Crippen molar-refractivity contribution in [1.29, 1.82) is 0 Å². The smallest absolute Gasteiger partial charge is 0.268 e. The van der Waals surface area contributed by atoms with Crippen molar-refractivity contribution in [2.45, 2.75) is 32.4 Å². The standard InChI is InChI=1S/C13H22N4O2/c1-10-2-4-16(5-3-10)11-6-13(19)17(15-8-11)9-12(18)7-14/h6,8,10,12,18H,2-5,7,9,14H2,1H3. The van der Waals surface area contributed by atoms with Crippen LogP contribution < -0.4 is 16.2 Å². The van der Waals surface area contributed by atoms with E-state index in [1.165, 1.54) is 4.68 Å². The maximum absolute atomic E-state index is 11.9. The number of hydrogen-bond donors (Lipinski definition) is 2. The number of aliphatic hydroxyl groups is 1. The Hall–Kier alpha value is -1.40. The van der Waals surface area contributed by atoms with Crippen LogP contribution in [0.25, 0.3) is 0 Å². The Kier molecular flexibility index (Phi) is 4.55. The third kappa shape index (κ3) is 3.54. The van der Waals surface area contributed by atoms with Crippen LogP contribution in [0.2, 0.25) is 0 Å². The number of rotatable bonds is 4. The van der Waals surface area contributed by atoms with Crippen LogP contribution in [0, 0.1) is 5.92 Å². The van der Waals surface area contributed by atoms with E-state index in [4.69, 9.17) is 5.73 Å². The molecule has 1 saturated heterocycles. The second kappa shape index (κ2) is 6.16. The minimum Gasteiger partial charge on any atom is -0.390 e. The van der Waals surface area contributed by atoms with Gasteiger partial charge in [-0.25, -0.2) is 4.68 Å². The van der Waals surface area contributed by atoms with Crippen LogP contribution in [0.5, 0.6) is 0 Å². The van der Waals surface area contributed by atoms with Gasteiger partial charge in [0.1, 0.15) is 0 Å². The molecular weight excluding hydrogens is 244 g/mol. The zero-order valence-electron chi connectivity index (χ0n) is 11.3. The molecule has 3 N–H and O–H groups in total. The topological polar surface area (TPSA) is 84.4 Å². The van der Waals surface area contributed by atoms with Gasteiger partial charge in [0.2, 0.25) is 0 Å². The van der Waals surface area contributed by atoms with Gasteiger partial charge >= 0.3 is 0 Å². The van der Waals surface area contributed by atoms with Crippen molar-refractivity contribution in [2.75, 3.05) is 24.5 Å². The summed E-state index contributed by atoms with van der Waals surface area (Å²) in [5.74, 6) is 0.754. The van der Waals surface area contributed by atoms with Crippen molar-refractivity contribution in [3.8, 4) is 0 Å². The Balaban J connectivity index is 2.08. The molecule has 0 aliphatic carbocycles. The summed E-state index contributed by atoms with van der Waals surface area (Å²) >= 11 is 0. The summed E-state index contributed by atoms with van der Waals surface area (Å²) in [6, 6.07) is 1.59. The number of hydrogen-bond acceptors (Lipinski definition) is 5. The van der Waals surface area contributed by atoms with Crippen molar-refractivity contribution < 1.29 is 5.11 Å². The highest BCUT2D eigenvalue weighted by molar-refractivity contribution is 5.43. The lowest BCUT2D eigenvalue weighted by molar-refractivity contribution is 0.155. The molecule has 1 aromatic rings. The minimum absolute atomic E-state index is 0.125. The molecule has 106 valence electrons. The van der Waals surface area contributed by atoms with E-state index in [2.05, 4.69) is 16.9 Å². The van der Waals surface area contributed by atoms with Crippen LogP contribution in [0.4, 0.5) is 5.69 Å². The fraction of sp³-hybridized carbons (Fsp3) is 0.692. The second-order valence-corrected chi connectivity index (χ2v) is 5.29. The first-order valence-electron chi connectivity index (χ1n) is 6.80. The van der Waals surface area contributed by atoms with Crippen LogP contribution in [0.15, 0.2) is 17.1 Å². The number of aliphatic hydroxyl groups excluding tert-OH is 1. The molecule has 1 aliphatic heterocycles. The zero-order chi connectivity index (χ0) is 13.8. The van der Waals surface area contributed by atoms with Crippen molar-refractivity contribution in [3.63, 3.8) is 0 Å². The minimum atomic E-state index is -0.730. The quantitative estimate of drug-likeness (QED) is 0.788. The molecule has 6 heteroatoms. The zero-order valence-corrected chi connectivity index (χ0v) is 11.3. The van der Waals surface area contributed by atoms with Crippen molar-refractivity contribution >= 4 is 5.69 Å². The Labute approximate surface area is 112 Å². The number of piperidine rings is 1. The molecule has 1 atom stereocenters. The van der Waals surface area contributed by atoms with E-state index in [1.807, 2.05) is 0 Å². The number of nitrogens with zero attached hydrogens (tertiary/aromatic N) is 3. The van der Waals surface area contributed by atoms with Crippen LogP contribution in [-0.4, -0.2) is 40.6 Å². The Morgan fingerprint density at radius 1 is 1.53 bits per heavy atom. The Morgan fingerprint density at radius 3 is 2.79 bits per heavy atom. The number of aromatic nitrogens is 2. The average Bonchev–Trinajstić information content (AvgIpc) is 2.41. The van der Waals surface area contributed by atoms with Gasteiger partial charge in [-0.1, -0.05) is 6.92 Å². The van der Waals surface area contributed by atoms with Gasteiger partial charge in [-0.3, -0.25) is 4.79 Å². The summed E-state index contributed by atoms with van der Waals surface area (Å²) in [6.07, 6.45) is 3.26. The van der Waals surface area contributed by atoms with Gasteiger partial charge in [0, 0.05) is 25.7 Å². The SMILES string of the molecule is CC1CCN(c2cnn(CC(O)CN)c(=O)c2)CC1. The highest BCUT2D eigenvalue weighted by Crippen LogP contribution is 2.20. The molecule has 6 nitrogen and oxygen atoms in total. The van der Waals surface area contributed by atoms with E-state index in [1.54, 1.807) is 12.3 Å². The predicted octanol–water partition coefficient (Wildman–Crippen LogP) is -0.201. The largest absolute Gasteiger partial charge is 0.390 e. The third-order valence-corrected chi connectivity index (χ3v) is 3.66. The van der Waals surface area contributed by atoms with Gasteiger partial charge in [-0.15, -0.1) is 0 Å². The highest BCUT2D eigenvalue weighted by Gasteiger charge is 2.17. The monoisotopic (exact) mass is 266 g/mol. The van der Waals surface area contributed by atoms with E-state index in [0.717, 1.165) is 37.5 Å². The number of anilines is 1. The summed E-state index contributed by atoms with van der Waals surface area (Å²) in [6.45, 7) is 4.46.